The van der Waals surface area contributed by atoms with Gasteiger partial charge in [-0.25, -0.2) is 0 Å². The van der Waals surface area contributed by atoms with Crippen LogP contribution in [0, 0.1) is 27.7 Å². The molecule has 2 rings (SSSR count). The summed E-state index contributed by atoms with van der Waals surface area (Å²) in [5, 5.41) is 0. The second kappa shape index (κ2) is 15.2. The predicted octanol–water partition coefficient (Wildman–Crippen LogP) is 9.21. The van der Waals surface area contributed by atoms with E-state index in [0.29, 0.717) is 0 Å². The predicted molar refractivity (Wildman–Crippen MR) is 159 cm³/mol. The van der Waals surface area contributed by atoms with E-state index < -0.39 is 36.8 Å². The second-order valence-corrected chi connectivity index (χ2v) is 38.8. The molecule has 0 amide bonds. The molecule has 0 bridgehead atoms. The van der Waals surface area contributed by atoms with Gasteiger partial charge in [-0.2, -0.15) is 0 Å². The van der Waals surface area contributed by atoms with E-state index in [-0.39, 0.29) is 0 Å². The molecule has 186 valence electrons. The molecule has 2 heteroatoms. The number of hydrogen-bond acceptors (Lipinski definition) is 0. The van der Waals surface area contributed by atoms with E-state index in [1.807, 2.05) is 3.58 Å². The van der Waals surface area contributed by atoms with Crippen molar-refractivity contribution >= 4 is 43.9 Å². The molecule has 2 aromatic rings. The molecule has 0 N–H and O–H groups in total. The van der Waals surface area contributed by atoms with E-state index in [1.54, 1.807) is 22.5 Å². The van der Waals surface area contributed by atoms with Crippen LogP contribution in [0.5, 0.6) is 0 Å². The van der Waals surface area contributed by atoms with Crippen molar-refractivity contribution in [3.05, 3.63) is 58.7 Å². The van der Waals surface area contributed by atoms with E-state index in [9.17, 15) is 0 Å². The summed E-state index contributed by atoms with van der Waals surface area (Å²) in [6.45, 7) is 16.2. The van der Waals surface area contributed by atoms with Gasteiger partial charge in [-0.3, -0.25) is 0 Å². The van der Waals surface area contributed by atoms with Gasteiger partial charge < -0.3 is 0 Å². The Morgan fingerprint density at radius 3 is 1.39 bits per heavy atom. The van der Waals surface area contributed by atoms with E-state index in [0.717, 1.165) is 0 Å². The van der Waals surface area contributed by atoms with E-state index in [1.165, 1.54) is 55.2 Å². The van der Waals surface area contributed by atoms with Gasteiger partial charge in [0.1, 0.15) is 0 Å². The van der Waals surface area contributed by atoms with Crippen LogP contribution < -0.4 is 7.16 Å². The van der Waals surface area contributed by atoms with Crippen LogP contribution in [0.1, 0.15) is 81.5 Å². The molecule has 33 heavy (non-hydrogen) atoms. The molecule has 0 aliphatic heterocycles. The van der Waals surface area contributed by atoms with Gasteiger partial charge in [0.2, 0.25) is 0 Å². The van der Waals surface area contributed by atoms with Crippen LogP contribution in [0.2, 0.25) is 28.1 Å². The minimum atomic E-state index is -2.19. The molecule has 0 spiro atoms. The Labute approximate surface area is 216 Å². The topological polar surface area (TPSA) is 0 Å². The molecule has 0 saturated carbocycles. The van der Waals surface area contributed by atoms with E-state index in [2.05, 4.69) is 99.7 Å². The summed E-state index contributed by atoms with van der Waals surface area (Å²) in [4.78, 5) is 7.43. The molecule has 0 nitrogen and oxygen atoms in total. The minimum absolute atomic E-state index is 1.36. The number of unbranched alkanes of at least 4 members (excludes halogenated alkanes) is 3. The summed E-state index contributed by atoms with van der Waals surface area (Å²) in [5.41, 5.74) is 6.03. The molecule has 0 aromatic heterocycles. The summed E-state index contributed by atoms with van der Waals surface area (Å²) in [5.74, 6) is 0. The van der Waals surface area contributed by atoms with Gasteiger partial charge in [0.05, 0.1) is 0 Å². The zero-order valence-corrected chi connectivity index (χ0v) is 29.5. The maximum absolute atomic E-state index is 2.53. The Bertz CT molecular complexity index is 787. The van der Waals surface area contributed by atoms with Crippen LogP contribution in [0.3, 0.4) is 0 Å². The SMILES string of the molecule is CCC[CH2][Sn]([CH2]CCC)([CH2]CCC)[c]1ccc(C)cc1C.Cc1cccc(C)[c]1[Sn]([CH3])([CH3])[CH3]. The number of aryl methyl sites for hydroxylation is 4. The van der Waals surface area contributed by atoms with Gasteiger partial charge in [-0.15, -0.1) is 0 Å². The Hall–Kier alpha value is 0.0374. The molecule has 0 unspecified atom stereocenters. The zero-order valence-electron chi connectivity index (χ0n) is 23.8. The number of benzene rings is 2. The van der Waals surface area contributed by atoms with Crippen molar-refractivity contribution in [2.75, 3.05) is 0 Å². The summed E-state index contributed by atoms with van der Waals surface area (Å²) >= 11 is -4.03. The molecule has 0 aliphatic rings. The van der Waals surface area contributed by atoms with Crippen molar-refractivity contribution in [1.29, 1.82) is 0 Å². The fourth-order valence-electron chi connectivity index (χ4n) is 5.73. The first-order chi connectivity index (χ1) is 15.5. The molecule has 0 saturated heterocycles. The van der Waals surface area contributed by atoms with Crippen LogP contribution in [0.4, 0.5) is 0 Å². The monoisotopic (exact) mass is 666 g/mol. The van der Waals surface area contributed by atoms with E-state index >= 15 is 0 Å². The van der Waals surface area contributed by atoms with Crippen LogP contribution in [0.25, 0.3) is 0 Å². The molecular formula is C31H54Sn2. The third kappa shape index (κ3) is 9.90. The van der Waals surface area contributed by atoms with Crippen LogP contribution in [-0.2, 0) is 0 Å². The van der Waals surface area contributed by atoms with Crippen LogP contribution in [-0.4, -0.2) is 36.8 Å². The Balaban J connectivity index is 0.000000383. The van der Waals surface area contributed by atoms with Crippen LogP contribution >= 0.6 is 0 Å². The first-order valence-electron chi connectivity index (χ1n) is 13.7. The Kier molecular flexibility index (Phi) is 14.3. The van der Waals surface area contributed by atoms with Gasteiger partial charge in [0.15, 0.2) is 0 Å². The van der Waals surface area contributed by atoms with Gasteiger partial charge in [0.25, 0.3) is 0 Å². The average Bonchev–Trinajstić information content (AvgIpc) is 2.73. The molecule has 0 atom stereocenters. The summed E-state index contributed by atoms with van der Waals surface area (Å²) < 4.78 is 8.29. The molecule has 0 radical (unpaired) electrons. The maximum atomic E-state index is 2.53. The van der Waals surface area contributed by atoms with Crippen molar-refractivity contribution < 1.29 is 0 Å². The van der Waals surface area contributed by atoms with Crippen molar-refractivity contribution in [3.63, 3.8) is 0 Å². The summed E-state index contributed by atoms with van der Waals surface area (Å²) in [7, 11) is 0. The van der Waals surface area contributed by atoms with Crippen molar-refractivity contribution in [3.8, 4) is 0 Å². The first kappa shape index (κ1) is 31.1. The number of hydrogen-bond donors (Lipinski definition) is 0. The van der Waals surface area contributed by atoms with Crippen molar-refractivity contribution in [2.45, 2.75) is 115 Å². The quantitative estimate of drug-likeness (QED) is 0.210. The molecular weight excluding hydrogens is 610 g/mol. The molecule has 0 heterocycles. The fourth-order valence-corrected chi connectivity index (χ4v) is 30.1. The summed E-state index contributed by atoms with van der Waals surface area (Å²) in [6.07, 6.45) is 8.45. The molecule has 2 aromatic carbocycles. The zero-order chi connectivity index (χ0) is 25.1. The summed E-state index contributed by atoms with van der Waals surface area (Å²) in [6, 6.07) is 14.0. The van der Waals surface area contributed by atoms with Crippen LogP contribution in [0.15, 0.2) is 36.4 Å². The third-order valence-corrected chi connectivity index (χ3v) is 29.8. The average molecular weight is 664 g/mol. The second-order valence-electron chi connectivity index (χ2n) is 11.4. The van der Waals surface area contributed by atoms with Crippen molar-refractivity contribution in [1.82, 2.24) is 0 Å². The van der Waals surface area contributed by atoms with Gasteiger partial charge in [-0.05, 0) is 0 Å². The Morgan fingerprint density at radius 1 is 0.606 bits per heavy atom. The fraction of sp³-hybridized carbons (Fsp3) is 0.613. The third-order valence-electron chi connectivity index (χ3n) is 7.21. The molecule has 0 aliphatic carbocycles. The van der Waals surface area contributed by atoms with Crippen molar-refractivity contribution in [2.24, 2.45) is 0 Å². The normalized spacial score (nSPS) is 11.8. The first-order valence-corrected chi connectivity index (χ1v) is 31.1. The molecule has 0 fully saturated rings. The Morgan fingerprint density at radius 2 is 1.06 bits per heavy atom. The van der Waals surface area contributed by atoms with Gasteiger partial charge in [0, 0.05) is 0 Å². The standard InChI is InChI=1S/2C8H9.3C4H9.3CH3.2Sn/c2*1-7-4-3-5-8(2)6-7;3*1-3-4-2;;;;;/h3-4,6H,1-2H3;3-5H,1-2H3;3*1,3-4H2,2H3;3*1H3;;. The van der Waals surface area contributed by atoms with E-state index in [4.69, 9.17) is 0 Å². The van der Waals surface area contributed by atoms with Gasteiger partial charge in [-0.1, -0.05) is 0 Å². The number of rotatable bonds is 11. The van der Waals surface area contributed by atoms with Gasteiger partial charge >= 0.3 is 218 Å².